The molecular formula is C10H23ClSi. The summed E-state index contributed by atoms with van der Waals surface area (Å²) in [6.07, 6.45) is 9.86. The molecule has 0 N–H and O–H groups in total. The zero-order valence-corrected chi connectivity index (χ0v) is 10.5. The second-order valence-corrected chi connectivity index (χ2v) is 8.06. The first-order valence-corrected chi connectivity index (χ1v) is 9.13. The van der Waals surface area contributed by atoms with Crippen molar-refractivity contribution >= 4 is 19.2 Å². The van der Waals surface area contributed by atoms with Gasteiger partial charge in [0.2, 0.25) is 0 Å². The first kappa shape index (κ1) is 12.5. The molecule has 0 bridgehead atoms. The molecule has 1 unspecified atom stereocenters. The Morgan fingerprint density at radius 3 is 1.92 bits per heavy atom. The average molecular weight is 207 g/mol. The summed E-state index contributed by atoms with van der Waals surface area (Å²) in [5.41, 5.74) is 0. The highest BCUT2D eigenvalue weighted by atomic mass is 35.6. The predicted octanol–water partition coefficient (Wildman–Crippen LogP) is 4.33. The zero-order chi connectivity index (χ0) is 9.23. The molecule has 0 saturated heterocycles. The van der Waals surface area contributed by atoms with Crippen LogP contribution in [0.2, 0.25) is 12.6 Å². The number of rotatable bonds is 8. The van der Waals surface area contributed by atoms with Gasteiger partial charge in [-0.25, -0.2) is 0 Å². The number of unbranched alkanes of at least 4 members (excludes halogenated alkanes) is 6. The van der Waals surface area contributed by atoms with Crippen LogP contribution in [0.1, 0.15) is 51.9 Å². The van der Waals surface area contributed by atoms with E-state index in [1.807, 2.05) is 0 Å². The standard InChI is InChI=1S/C10H23ClSi/c1-3-4-5-6-7-8-9-10-12(2)11/h12H,3-10H2,1-2H3. The topological polar surface area (TPSA) is 0 Å². The van der Waals surface area contributed by atoms with Crippen LogP contribution in [0.4, 0.5) is 0 Å². The van der Waals surface area contributed by atoms with Gasteiger partial charge in [-0.05, 0) is 6.04 Å². The van der Waals surface area contributed by atoms with E-state index < -0.39 is 8.11 Å². The van der Waals surface area contributed by atoms with Gasteiger partial charge in [-0.15, -0.1) is 0 Å². The lowest BCUT2D eigenvalue weighted by atomic mass is 10.1. The molecule has 0 spiro atoms. The predicted molar refractivity (Wildman–Crippen MR) is 61.7 cm³/mol. The van der Waals surface area contributed by atoms with E-state index >= 15 is 0 Å². The molecule has 0 aromatic rings. The molecule has 1 atom stereocenters. The summed E-state index contributed by atoms with van der Waals surface area (Å²) in [6.45, 7) is 4.49. The van der Waals surface area contributed by atoms with Crippen LogP contribution in [0.3, 0.4) is 0 Å². The van der Waals surface area contributed by atoms with E-state index in [-0.39, 0.29) is 0 Å². The van der Waals surface area contributed by atoms with E-state index in [4.69, 9.17) is 11.1 Å². The fourth-order valence-corrected chi connectivity index (χ4v) is 2.70. The van der Waals surface area contributed by atoms with E-state index in [0.717, 1.165) is 0 Å². The third kappa shape index (κ3) is 10.5. The van der Waals surface area contributed by atoms with Crippen molar-refractivity contribution in [3.05, 3.63) is 0 Å². The molecule has 0 heterocycles. The van der Waals surface area contributed by atoms with E-state index in [0.29, 0.717) is 0 Å². The van der Waals surface area contributed by atoms with Crippen molar-refractivity contribution < 1.29 is 0 Å². The van der Waals surface area contributed by atoms with Crippen molar-refractivity contribution in [3.8, 4) is 0 Å². The van der Waals surface area contributed by atoms with E-state index in [9.17, 15) is 0 Å². The number of hydrogen-bond donors (Lipinski definition) is 0. The van der Waals surface area contributed by atoms with E-state index in [1.165, 1.54) is 51.0 Å². The second-order valence-electron chi connectivity index (χ2n) is 3.69. The number of hydrogen-bond acceptors (Lipinski definition) is 0. The van der Waals surface area contributed by atoms with Crippen LogP contribution in [0.5, 0.6) is 0 Å². The molecule has 0 aliphatic rings. The highest BCUT2D eigenvalue weighted by Crippen LogP contribution is 2.10. The van der Waals surface area contributed by atoms with E-state index in [2.05, 4.69) is 13.5 Å². The van der Waals surface area contributed by atoms with Crippen LogP contribution in [-0.4, -0.2) is 8.11 Å². The molecule has 0 amide bonds. The van der Waals surface area contributed by atoms with Gasteiger partial charge in [0, 0.05) is 0 Å². The first-order chi connectivity index (χ1) is 5.77. The van der Waals surface area contributed by atoms with Crippen molar-refractivity contribution in [1.82, 2.24) is 0 Å². The Morgan fingerprint density at radius 1 is 0.917 bits per heavy atom. The third-order valence-corrected chi connectivity index (χ3v) is 4.06. The maximum Gasteiger partial charge on any atom is 0.138 e. The monoisotopic (exact) mass is 206 g/mol. The van der Waals surface area contributed by atoms with Crippen molar-refractivity contribution in [3.63, 3.8) is 0 Å². The minimum absolute atomic E-state index is 0.763. The van der Waals surface area contributed by atoms with Crippen LogP contribution in [0, 0.1) is 0 Å². The summed E-state index contributed by atoms with van der Waals surface area (Å²) in [5, 5.41) is 0. The molecule has 74 valence electrons. The Kier molecular flexibility index (Phi) is 10.00. The lowest BCUT2D eigenvalue weighted by molar-refractivity contribution is 0.601. The van der Waals surface area contributed by atoms with Crippen LogP contribution in [0.25, 0.3) is 0 Å². The molecule has 12 heavy (non-hydrogen) atoms. The average Bonchev–Trinajstić information content (AvgIpc) is 2.02. The third-order valence-electron chi connectivity index (χ3n) is 2.21. The van der Waals surface area contributed by atoms with Gasteiger partial charge in [0.05, 0.1) is 0 Å². The van der Waals surface area contributed by atoms with Gasteiger partial charge in [0.1, 0.15) is 8.11 Å². The fourth-order valence-electron chi connectivity index (χ4n) is 1.38. The maximum absolute atomic E-state index is 5.98. The molecule has 0 aliphatic heterocycles. The lowest BCUT2D eigenvalue weighted by Gasteiger charge is -2.01. The minimum Gasteiger partial charge on any atom is -0.172 e. The summed E-state index contributed by atoms with van der Waals surface area (Å²) in [7, 11) is -0.763. The van der Waals surface area contributed by atoms with Crippen LogP contribution >= 0.6 is 11.1 Å². The molecule has 0 aliphatic carbocycles. The Labute approximate surface area is 84.0 Å². The Hall–Kier alpha value is 0.507. The van der Waals surface area contributed by atoms with Gasteiger partial charge in [-0.3, -0.25) is 0 Å². The number of halogens is 1. The van der Waals surface area contributed by atoms with Crippen molar-refractivity contribution in [2.45, 2.75) is 64.5 Å². The first-order valence-electron chi connectivity index (χ1n) is 5.41. The second kappa shape index (κ2) is 9.59. The van der Waals surface area contributed by atoms with Gasteiger partial charge in [0.15, 0.2) is 0 Å². The van der Waals surface area contributed by atoms with Gasteiger partial charge < -0.3 is 0 Å². The van der Waals surface area contributed by atoms with Crippen LogP contribution in [0.15, 0.2) is 0 Å². The molecule has 2 heteroatoms. The molecule has 0 fully saturated rings. The molecule has 0 nitrogen and oxygen atoms in total. The molecular weight excluding hydrogens is 184 g/mol. The normalized spacial score (nSPS) is 13.2. The molecule has 0 aromatic heterocycles. The summed E-state index contributed by atoms with van der Waals surface area (Å²) < 4.78 is 0. The summed E-state index contributed by atoms with van der Waals surface area (Å²) in [5.74, 6) is 0. The Balaban J connectivity index is 2.82. The van der Waals surface area contributed by atoms with Crippen LogP contribution < -0.4 is 0 Å². The fraction of sp³-hybridized carbons (Fsp3) is 1.00. The van der Waals surface area contributed by atoms with Gasteiger partial charge in [-0.2, -0.15) is 11.1 Å². The Morgan fingerprint density at radius 2 is 1.42 bits per heavy atom. The van der Waals surface area contributed by atoms with Gasteiger partial charge in [0.25, 0.3) is 0 Å². The highest BCUT2D eigenvalue weighted by molar-refractivity contribution is 7.06. The summed E-state index contributed by atoms with van der Waals surface area (Å²) in [6, 6.07) is 1.33. The largest absolute Gasteiger partial charge is 0.172 e. The lowest BCUT2D eigenvalue weighted by Crippen LogP contribution is -1.94. The van der Waals surface area contributed by atoms with Crippen molar-refractivity contribution in [2.75, 3.05) is 0 Å². The highest BCUT2D eigenvalue weighted by Gasteiger charge is 1.97. The molecule has 0 rings (SSSR count). The van der Waals surface area contributed by atoms with Crippen molar-refractivity contribution in [1.29, 1.82) is 0 Å². The molecule has 0 radical (unpaired) electrons. The van der Waals surface area contributed by atoms with Crippen LogP contribution in [-0.2, 0) is 0 Å². The summed E-state index contributed by atoms with van der Waals surface area (Å²) >= 11 is 5.98. The maximum atomic E-state index is 5.98. The molecule has 0 saturated carbocycles. The molecule has 0 aromatic carbocycles. The van der Waals surface area contributed by atoms with Crippen molar-refractivity contribution in [2.24, 2.45) is 0 Å². The van der Waals surface area contributed by atoms with Gasteiger partial charge >= 0.3 is 0 Å². The quantitative estimate of drug-likeness (QED) is 0.315. The summed E-state index contributed by atoms with van der Waals surface area (Å²) in [4.78, 5) is 0. The minimum atomic E-state index is -0.763. The van der Waals surface area contributed by atoms with Gasteiger partial charge in [-0.1, -0.05) is 58.4 Å². The Bertz CT molecular complexity index is 83.9. The van der Waals surface area contributed by atoms with E-state index in [1.54, 1.807) is 0 Å². The SMILES string of the molecule is CCCCCCCCC[SiH](C)Cl. The smallest absolute Gasteiger partial charge is 0.138 e. The zero-order valence-electron chi connectivity index (χ0n) is 8.61.